The van der Waals surface area contributed by atoms with Crippen LogP contribution in [0, 0.1) is 0 Å². The van der Waals surface area contributed by atoms with Crippen LogP contribution in [0.25, 0.3) is 5.76 Å². The minimum atomic E-state index is -0.797. The lowest BCUT2D eigenvalue weighted by Crippen LogP contribution is -2.29. The van der Waals surface area contributed by atoms with Gasteiger partial charge in [-0.25, -0.2) is 0 Å². The number of hydrogen-bond donors (Lipinski definition) is 1. The van der Waals surface area contributed by atoms with Gasteiger partial charge in [0.05, 0.1) is 28.8 Å². The summed E-state index contributed by atoms with van der Waals surface area (Å²) in [6, 6.07) is 14.3. The van der Waals surface area contributed by atoms with E-state index in [0.29, 0.717) is 21.9 Å². The van der Waals surface area contributed by atoms with E-state index in [1.165, 1.54) is 17.0 Å². The minimum absolute atomic E-state index is 0.0203. The largest absolute Gasteiger partial charge is 0.507 e. The number of amides is 1. The van der Waals surface area contributed by atoms with Gasteiger partial charge in [-0.1, -0.05) is 35.3 Å². The number of aromatic nitrogens is 1. The molecule has 0 spiro atoms. The number of methoxy groups -OCH3 is 1. The zero-order valence-corrected chi connectivity index (χ0v) is 18.5. The smallest absolute Gasteiger partial charge is 0.295 e. The molecule has 0 saturated carbocycles. The van der Waals surface area contributed by atoms with Gasteiger partial charge in [0, 0.05) is 24.5 Å². The Morgan fingerprint density at radius 1 is 1.03 bits per heavy atom. The third-order valence-electron chi connectivity index (χ3n) is 5.27. The molecule has 1 aliphatic rings. The fourth-order valence-corrected chi connectivity index (χ4v) is 3.96. The molecule has 162 valence electrons. The molecule has 0 bridgehead atoms. The highest BCUT2D eigenvalue weighted by molar-refractivity contribution is 6.46. The number of ketones is 1. The Kier molecular flexibility index (Phi) is 6.17. The maximum absolute atomic E-state index is 13.1. The number of carbonyl (C=O) groups is 2. The van der Waals surface area contributed by atoms with Gasteiger partial charge >= 0.3 is 0 Å². The van der Waals surface area contributed by atoms with Crippen molar-refractivity contribution in [1.82, 2.24) is 9.88 Å². The molecule has 1 saturated heterocycles. The molecule has 1 fully saturated rings. The quantitative estimate of drug-likeness (QED) is 0.323. The molecule has 2 heterocycles. The Labute approximate surface area is 194 Å². The average molecular weight is 469 g/mol. The molecule has 1 aromatic heterocycles. The lowest BCUT2D eigenvalue weighted by molar-refractivity contribution is -0.140. The number of aliphatic hydroxyl groups excluding tert-OH is 1. The summed E-state index contributed by atoms with van der Waals surface area (Å²) in [5.74, 6) is -1.12. The first kappa shape index (κ1) is 21.9. The second-order valence-electron chi connectivity index (χ2n) is 7.18. The van der Waals surface area contributed by atoms with Crippen molar-refractivity contribution in [3.8, 4) is 5.75 Å². The summed E-state index contributed by atoms with van der Waals surface area (Å²) in [5.41, 5.74) is 1.73. The van der Waals surface area contributed by atoms with Crippen LogP contribution in [0.15, 0.2) is 72.6 Å². The van der Waals surface area contributed by atoms with Crippen molar-refractivity contribution in [3.63, 3.8) is 0 Å². The molecule has 8 heteroatoms. The molecule has 3 aromatic rings. The zero-order valence-electron chi connectivity index (χ0n) is 17.0. The summed E-state index contributed by atoms with van der Waals surface area (Å²) < 4.78 is 5.18. The molecule has 1 aliphatic heterocycles. The first-order valence-corrected chi connectivity index (χ1v) is 10.4. The van der Waals surface area contributed by atoms with Gasteiger partial charge in [0.25, 0.3) is 11.7 Å². The third kappa shape index (κ3) is 4.07. The number of aliphatic hydroxyl groups is 1. The van der Waals surface area contributed by atoms with E-state index in [9.17, 15) is 14.7 Å². The Hall–Kier alpha value is -3.35. The zero-order chi connectivity index (χ0) is 22.8. The van der Waals surface area contributed by atoms with Crippen LogP contribution in [0.4, 0.5) is 0 Å². The van der Waals surface area contributed by atoms with E-state index in [1.807, 2.05) is 12.1 Å². The Morgan fingerprint density at radius 2 is 1.72 bits per heavy atom. The van der Waals surface area contributed by atoms with E-state index in [2.05, 4.69) is 4.98 Å². The van der Waals surface area contributed by atoms with Gasteiger partial charge in [0.1, 0.15) is 11.5 Å². The minimum Gasteiger partial charge on any atom is -0.507 e. The van der Waals surface area contributed by atoms with E-state index in [1.54, 1.807) is 49.8 Å². The number of benzene rings is 2. The van der Waals surface area contributed by atoms with E-state index in [0.717, 1.165) is 5.56 Å². The molecule has 1 N–H and O–H groups in total. The van der Waals surface area contributed by atoms with Crippen molar-refractivity contribution >= 4 is 40.7 Å². The van der Waals surface area contributed by atoms with Crippen molar-refractivity contribution in [2.75, 3.05) is 7.11 Å². The Bertz CT molecular complexity index is 1210. The van der Waals surface area contributed by atoms with Gasteiger partial charge in [-0.2, -0.15) is 0 Å². The first-order valence-electron chi connectivity index (χ1n) is 9.67. The van der Waals surface area contributed by atoms with Crippen LogP contribution in [-0.2, 0) is 16.1 Å². The average Bonchev–Trinajstić information content (AvgIpc) is 3.06. The number of pyridine rings is 1. The third-order valence-corrected chi connectivity index (χ3v) is 6.01. The normalized spacial score (nSPS) is 17.6. The van der Waals surface area contributed by atoms with Crippen LogP contribution in [0.5, 0.6) is 5.75 Å². The van der Waals surface area contributed by atoms with Crippen LogP contribution in [0.3, 0.4) is 0 Å². The fraction of sp³-hybridized carbons (Fsp3) is 0.125. The van der Waals surface area contributed by atoms with E-state index in [4.69, 9.17) is 27.9 Å². The molecule has 1 unspecified atom stereocenters. The monoisotopic (exact) mass is 468 g/mol. The van der Waals surface area contributed by atoms with Crippen molar-refractivity contribution in [2.45, 2.75) is 12.6 Å². The standard InChI is InChI=1S/C24H18Cl2N2O4/c1-32-17-5-2-14(3-6-17)13-28-21(15-8-10-27-11-9-15)20(23(30)24(28)31)22(29)16-4-7-18(25)19(26)12-16/h2-12,21,29H,13H2,1H3/b22-20-. The second kappa shape index (κ2) is 9.02. The van der Waals surface area contributed by atoms with Crippen molar-refractivity contribution in [2.24, 2.45) is 0 Å². The number of halogens is 2. The predicted octanol–water partition coefficient (Wildman–Crippen LogP) is 5.02. The number of Topliss-reactive ketones (excluding diaryl/α,β-unsaturated/α-hetero) is 1. The van der Waals surface area contributed by atoms with Gasteiger partial charge in [0.15, 0.2) is 0 Å². The molecule has 1 atom stereocenters. The lowest BCUT2D eigenvalue weighted by Gasteiger charge is -2.25. The molecule has 4 rings (SSSR count). The first-order chi connectivity index (χ1) is 15.4. The number of rotatable bonds is 5. The van der Waals surface area contributed by atoms with Crippen molar-refractivity contribution < 1.29 is 19.4 Å². The highest BCUT2D eigenvalue weighted by atomic mass is 35.5. The Morgan fingerprint density at radius 3 is 2.34 bits per heavy atom. The second-order valence-corrected chi connectivity index (χ2v) is 8.00. The highest BCUT2D eigenvalue weighted by Gasteiger charge is 2.46. The molecule has 2 aromatic carbocycles. The van der Waals surface area contributed by atoms with Crippen LogP contribution >= 0.6 is 23.2 Å². The summed E-state index contributed by atoms with van der Waals surface area (Å²) in [4.78, 5) is 31.5. The van der Waals surface area contributed by atoms with Crippen molar-refractivity contribution in [1.29, 1.82) is 0 Å². The van der Waals surface area contributed by atoms with E-state index < -0.39 is 17.7 Å². The molecular formula is C24H18Cl2N2O4. The van der Waals surface area contributed by atoms with Gasteiger partial charge in [-0.15, -0.1) is 0 Å². The maximum Gasteiger partial charge on any atom is 0.295 e. The molecule has 1 amide bonds. The molecule has 6 nitrogen and oxygen atoms in total. The van der Waals surface area contributed by atoms with Crippen molar-refractivity contribution in [3.05, 3.63) is 99.3 Å². The van der Waals surface area contributed by atoms with Crippen LogP contribution < -0.4 is 4.74 Å². The molecule has 0 aliphatic carbocycles. The maximum atomic E-state index is 13.1. The number of hydrogen-bond acceptors (Lipinski definition) is 5. The Balaban J connectivity index is 1.82. The summed E-state index contributed by atoms with van der Waals surface area (Å²) in [6.45, 7) is 0.166. The molecule has 32 heavy (non-hydrogen) atoms. The number of ether oxygens (including phenoxy) is 1. The van der Waals surface area contributed by atoms with E-state index in [-0.39, 0.29) is 22.9 Å². The van der Waals surface area contributed by atoms with Crippen LogP contribution in [0.2, 0.25) is 10.0 Å². The van der Waals surface area contributed by atoms with Gasteiger partial charge in [-0.05, 0) is 53.6 Å². The molecule has 0 radical (unpaired) electrons. The number of likely N-dealkylation sites (tertiary alicyclic amines) is 1. The SMILES string of the molecule is COc1ccc(CN2C(=O)C(=O)/C(=C(\O)c3ccc(Cl)c(Cl)c3)C2c2ccncc2)cc1. The molecular weight excluding hydrogens is 451 g/mol. The highest BCUT2D eigenvalue weighted by Crippen LogP contribution is 2.40. The summed E-state index contributed by atoms with van der Waals surface area (Å²) in [7, 11) is 1.57. The van der Waals surface area contributed by atoms with Crippen LogP contribution in [0.1, 0.15) is 22.7 Å². The summed E-state index contributed by atoms with van der Waals surface area (Å²) >= 11 is 12.1. The summed E-state index contributed by atoms with van der Waals surface area (Å²) in [6.07, 6.45) is 3.14. The summed E-state index contributed by atoms with van der Waals surface area (Å²) in [5, 5.41) is 11.6. The topological polar surface area (TPSA) is 79.7 Å². The lowest BCUT2D eigenvalue weighted by atomic mass is 9.96. The number of nitrogens with zero attached hydrogens (tertiary/aromatic N) is 2. The van der Waals surface area contributed by atoms with Gasteiger partial charge in [0.2, 0.25) is 0 Å². The fourth-order valence-electron chi connectivity index (χ4n) is 3.66. The van der Waals surface area contributed by atoms with Crippen LogP contribution in [-0.4, -0.2) is 33.8 Å². The van der Waals surface area contributed by atoms with E-state index >= 15 is 0 Å². The van der Waals surface area contributed by atoms with Gasteiger partial charge < -0.3 is 14.7 Å². The number of carbonyl (C=O) groups excluding carboxylic acids is 2. The predicted molar refractivity (Wildman–Crippen MR) is 122 cm³/mol. The van der Waals surface area contributed by atoms with Gasteiger partial charge in [-0.3, -0.25) is 14.6 Å².